The van der Waals surface area contributed by atoms with Gasteiger partial charge in [-0.1, -0.05) is 6.42 Å². The van der Waals surface area contributed by atoms with E-state index < -0.39 is 6.17 Å². The fourth-order valence-corrected chi connectivity index (χ4v) is 4.50. The van der Waals surface area contributed by atoms with Crippen LogP contribution in [0.3, 0.4) is 0 Å². The summed E-state index contributed by atoms with van der Waals surface area (Å²) in [7, 11) is 0. The molecule has 2 aliphatic heterocycles. The highest BCUT2D eigenvalue weighted by Crippen LogP contribution is 2.52. The SMILES string of the molecule is F[C@@H]1CN2[C@@H]3CCC[C@@H]3C[C@@]2(CS)C1. The number of fused-ring (bicyclic) bond motifs is 3. The second kappa shape index (κ2) is 3.11. The number of hydrogen-bond donors (Lipinski definition) is 1. The Balaban J connectivity index is 1.89. The summed E-state index contributed by atoms with van der Waals surface area (Å²) in [5, 5.41) is 0. The van der Waals surface area contributed by atoms with Gasteiger partial charge in [0.1, 0.15) is 6.17 Å². The van der Waals surface area contributed by atoms with Crippen LogP contribution in [0.1, 0.15) is 32.1 Å². The van der Waals surface area contributed by atoms with E-state index in [0.717, 1.165) is 18.1 Å². The molecule has 1 nitrogen and oxygen atoms in total. The molecule has 3 fully saturated rings. The molecule has 0 spiro atoms. The summed E-state index contributed by atoms with van der Waals surface area (Å²) in [6, 6.07) is 0.697. The van der Waals surface area contributed by atoms with Gasteiger partial charge in [-0.25, -0.2) is 4.39 Å². The third kappa shape index (κ3) is 1.12. The van der Waals surface area contributed by atoms with Crippen molar-refractivity contribution in [3.8, 4) is 0 Å². The summed E-state index contributed by atoms with van der Waals surface area (Å²) in [6.07, 6.45) is 5.38. The van der Waals surface area contributed by atoms with Gasteiger partial charge in [0.05, 0.1) is 0 Å². The fraction of sp³-hybridized carbons (Fsp3) is 1.00. The second-order valence-corrected chi connectivity index (χ2v) is 5.61. The highest BCUT2D eigenvalue weighted by Gasteiger charge is 2.56. The van der Waals surface area contributed by atoms with Gasteiger partial charge in [0.2, 0.25) is 0 Å². The van der Waals surface area contributed by atoms with E-state index in [2.05, 4.69) is 17.5 Å². The number of alkyl halides is 1. The van der Waals surface area contributed by atoms with Crippen molar-refractivity contribution in [1.82, 2.24) is 4.90 Å². The molecule has 14 heavy (non-hydrogen) atoms. The van der Waals surface area contributed by atoms with Crippen LogP contribution in [0.25, 0.3) is 0 Å². The first-order valence-corrected chi connectivity index (χ1v) is 6.40. The molecule has 1 aliphatic carbocycles. The van der Waals surface area contributed by atoms with Crippen molar-refractivity contribution in [2.24, 2.45) is 5.92 Å². The topological polar surface area (TPSA) is 3.24 Å². The maximum atomic E-state index is 13.5. The summed E-state index contributed by atoms with van der Waals surface area (Å²) in [5.74, 6) is 1.70. The van der Waals surface area contributed by atoms with Gasteiger partial charge < -0.3 is 0 Å². The van der Waals surface area contributed by atoms with Crippen LogP contribution in [0.15, 0.2) is 0 Å². The number of nitrogens with zero attached hydrogens (tertiary/aromatic N) is 1. The molecule has 80 valence electrons. The minimum absolute atomic E-state index is 0.137. The highest BCUT2D eigenvalue weighted by atomic mass is 32.1. The standard InChI is InChI=1S/C11H18FNS/c12-9-5-11(7-14)4-8-2-1-3-10(8)13(11)6-9/h8-10,14H,1-7H2/t8-,9+,10-,11+/m1/s1. The number of halogens is 1. The van der Waals surface area contributed by atoms with Crippen LogP contribution < -0.4 is 0 Å². The van der Waals surface area contributed by atoms with Crippen molar-refractivity contribution < 1.29 is 4.39 Å². The third-order valence-corrected chi connectivity index (χ3v) is 5.15. The van der Waals surface area contributed by atoms with Gasteiger partial charge >= 0.3 is 0 Å². The molecular formula is C11H18FNS. The lowest BCUT2D eigenvalue weighted by molar-refractivity contribution is 0.165. The number of hydrogen-bond acceptors (Lipinski definition) is 2. The average molecular weight is 215 g/mol. The smallest absolute Gasteiger partial charge is 0.115 e. The first-order chi connectivity index (χ1) is 6.75. The van der Waals surface area contributed by atoms with E-state index in [-0.39, 0.29) is 5.54 Å². The zero-order valence-corrected chi connectivity index (χ0v) is 9.35. The first-order valence-electron chi connectivity index (χ1n) is 5.77. The predicted molar refractivity (Wildman–Crippen MR) is 58.5 cm³/mol. The van der Waals surface area contributed by atoms with Crippen molar-refractivity contribution >= 4 is 12.6 Å². The van der Waals surface area contributed by atoms with Crippen molar-refractivity contribution in [2.75, 3.05) is 12.3 Å². The Labute approximate surface area is 90.5 Å². The zero-order valence-electron chi connectivity index (χ0n) is 8.45. The van der Waals surface area contributed by atoms with E-state index >= 15 is 0 Å². The normalized spacial score (nSPS) is 52.3. The molecule has 3 rings (SSSR count). The molecule has 3 heteroatoms. The highest BCUT2D eigenvalue weighted by molar-refractivity contribution is 7.80. The van der Waals surface area contributed by atoms with Crippen LogP contribution in [0.2, 0.25) is 0 Å². The molecule has 2 heterocycles. The van der Waals surface area contributed by atoms with Gasteiger partial charge in [-0.05, 0) is 31.6 Å². The Morgan fingerprint density at radius 2 is 2.21 bits per heavy atom. The van der Waals surface area contributed by atoms with Crippen molar-refractivity contribution in [3.63, 3.8) is 0 Å². The van der Waals surface area contributed by atoms with E-state index in [0.29, 0.717) is 12.6 Å². The predicted octanol–water partition coefficient (Wildman–Crippen LogP) is 2.27. The fourth-order valence-electron chi connectivity index (χ4n) is 4.06. The molecule has 0 aromatic heterocycles. The van der Waals surface area contributed by atoms with Gasteiger partial charge in [-0.2, -0.15) is 12.6 Å². The van der Waals surface area contributed by atoms with Crippen LogP contribution in [-0.2, 0) is 0 Å². The lowest BCUT2D eigenvalue weighted by Crippen LogP contribution is -2.43. The number of rotatable bonds is 1. The molecule has 4 atom stereocenters. The molecule has 0 aromatic rings. The minimum atomic E-state index is -0.594. The molecular weight excluding hydrogens is 197 g/mol. The van der Waals surface area contributed by atoms with Gasteiger partial charge in [0.15, 0.2) is 0 Å². The quantitative estimate of drug-likeness (QED) is 0.657. The monoisotopic (exact) mass is 215 g/mol. The van der Waals surface area contributed by atoms with E-state index in [1.165, 1.54) is 25.7 Å². The molecule has 2 saturated heterocycles. The van der Waals surface area contributed by atoms with Gasteiger partial charge in [-0.3, -0.25) is 4.90 Å². The van der Waals surface area contributed by atoms with Crippen LogP contribution in [0, 0.1) is 5.92 Å². The third-order valence-electron chi connectivity index (χ3n) is 4.56. The van der Waals surface area contributed by atoms with E-state index in [1.54, 1.807) is 0 Å². The first kappa shape index (κ1) is 9.46. The lowest BCUT2D eigenvalue weighted by Gasteiger charge is -2.32. The zero-order chi connectivity index (χ0) is 9.76. The molecule has 0 amide bonds. The summed E-state index contributed by atoms with van der Waals surface area (Å²) >= 11 is 4.46. The maximum Gasteiger partial charge on any atom is 0.115 e. The average Bonchev–Trinajstić information content (AvgIpc) is 2.74. The Hall–Kier alpha value is 0.240. The minimum Gasteiger partial charge on any atom is -0.291 e. The van der Waals surface area contributed by atoms with E-state index in [4.69, 9.17) is 0 Å². The van der Waals surface area contributed by atoms with Crippen molar-refractivity contribution in [3.05, 3.63) is 0 Å². The molecule has 1 saturated carbocycles. The van der Waals surface area contributed by atoms with Gasteiger partial charge in [0.25, 0.3) is 0 Å². The Kier molecular flexibility index (Phi) is 2.11. The summed E-state index contributed by atoms with van der Waals surface area (Å²) in [4.78, 5) is 2.46. The van der Waals surface area contributed by atoms with Gasteiger partial charge in [0, 0.05) is 23.9 Å². The Morgan fingerprint density at radius 3 is 3.00 bits per heavy atom. The Bertz CT molecular complexity index is 247. The van der Waals surface area contributed by atoms with Crippen LogP contribution in [-0.4, -0.2) is 34.9 Å². The Morgan fingerprint density at radius 1 is 1.36 bits per heavy atom. The van der Waals surface area contributed by atoms with Crippen LogP contribution in [0.4, 0.5) is 4.39 Å². The van der Waals surface area contributed by atoms with E-state index in [1.807, 2.05) is 0 Å². The molecule has 0 bridgehead atoms. The largest absolute Gasteiger partial charge is 0.291 e. The summed E-state index contributed by atoms with van der Waals surface area (Å²) in [5.41, 5.74) is 0.137. The summed E-state index contributed by atoms with van der Waals surface area (Å²) in [6.45, 7) is 0.682. The molecule has 0 unspecified atom stereocenters. The van der Waals surface area contributed by atoms with Crippen LogP contribution in [0.5, 0.6) is 0 Å². The molecule has 3 aliphatic rings. The van der Waals surface area contributed by atoms with Crippen molar-refractivity contribution in [2.45, 2.75) is 49.9 Å². The summed E-state index contributed by atoms with van der Waals surface area (Å²) < 4.78 is 13.5. The maximum absolute atomic E-state index is 13.5. The second-order valence-electron chi connectivity index (χ2n) is 5.30. The lowest BCUT2D eigenvalue weighted by atomic mass is 9.90. The molecule has 0 radical (unpaired) electrons. The molecule has 0 aromatic carbocycles. The molecule has 0 N–H and O–H groups in total. The number of thiol groups is 1. The van der Waals surface area contributed by atoms with Gasteiger partial charge in [-0.15, -0.1) is 0 Å². The van der Waals surface area contributed by atoms with E-state index in [9.17, 15) is 4.39 Å². The van der Waals surface area contributed by atoms with Crippen molar-refractivity contribution in [1.29, 1.82) is 0 Å². The van der Waals surface area contributed by atoms with Crippen LogP contribution >= 0.6 is 12.6 Å².